The second-order valence-electron chi connectivity index (χ2n) is 7.09. The average molecular weight is 317 g/mol. The summed E-state index contributed by atoms with van der Waals surface area (Å²) in [4.78, 5) is 16.4. The molecule has 0 aromatic heterocycles. The van der Waals surface area contributed by atoms with E-state index >= 15 is 0 Å². The Morgan fingerprint density at radius 2 is 1.96 bits per heavy atom. The quantitative estimate of drug-likeness (QED) is 0.897. The number of carbonyl (C=O) groups is 1. The largest absolute Gasteiger partial charge is 0.393 e. The van der Waals surface area contributed by atoms with Gasteiger partial charge in [0.25, 0.3) is 0 Å². The monoisotopic (exact) mass is 317 g/mol. The van der Waals surface area contributed by atoms with Crippen molar-refractivity contribution in [3.63, 3.8) is 0 Å². The van der Waals surface area contributed by atoms with Gasteiger partial charge in [0, 0.05) is 32.7 Å². The fourth-order valence-corrected chi connectivity index (χ4v) is 3.57. The lowest BCUT2D eigenvalue weighted by Gasteiger charge is -2.28. The van der Waals surface area contributed by atoms with Crippen LogP contribution in [0.4, 0.5) is 4.79 Å². The van der Waals surface area contributed by atoms with Crippen LogP contribution in [0.25, 0.3) is 0 Å². The lowest BCUT2D eigenvalue weighted by molar-refractivity contribution is 0.115. The molecule has 1 aliphatic carbocycles. The van der Waals surface area contributed by atoms with Gasteiger partial charge in [-0.05, 0) is 49.4 Å². The van der Waals surface area contributed by atoms with E-state index in [1.165, 1.54) is 16.7 Å². The van der Waals surface area contributed by atoms with E-state index in [0.717, 1.165) is 38.8 Å². The summed E-state index contributed by atoms with van der Waals surface area (Å²) in [5.74, 6) is 0. The van der Waals surface area contributed by atoms with Crippen molar-refractivity contribution in [1.29, 1.82) is 0 Å². The SMILES string of the molecule is CN1Cc2ccc(CN(C)C(=O)NC3CCC(O)CC3)cc2C1. The summed E-state index contributed by atoms with van der Waals surface area (Å²) in [7, 11) is 3.96. The molecule has 0 atom stereocenters. The van der Waals surface area contributed by atoms with Gasteiger partial charge >= 0.3 is 6.03 Å². The third-order valence-corrected chi connectivity index (χ3v) is 4.94. The highest BCUT2D eigenvalue weighted by molar-refractivity contribution is 5.74. The van der Waals surface area contributed by atoms with Gasteiger partial charge in [0.15, 0.2) is 0 Å². The first-order valence-electron chi connectivity index (χ1n) is 8.50. The van der Waals surface area contributed by atoms with Gasteiger partial charge in [-0.2, -0.15) is 0 Å². The fourth-order valence-electron chi connectivity index (χ4n) is 3.57. The molecule has 0 unspecified atom stereocenters. The third kappa shape index (κ3) is 4.03. The van der Waals surface area contributed by atoms with E-state index in [1.807, 2.05) is 7.05 Å². The zero-order valence-corrected chi connectivity index (χ0v) is 14.1. The Kier molecular flexibility index (Phi) is 4.87. The molecular weight excluding hydrogens is 290 g/mol. The van der Waals surface area contributed by atoms with Crippen LogP contribution in [0.1, 0.15) is 42.4 Å². The molecule has 0 bridgehead atoms. The molecule has 5 heteroatoms. The first-order chi connectivity index (χ1) is 11.0. The minimum atomic E-state index is -0.189. The zero-order chi connectivity index (χ0) is 16.4. The van der Waals surface area contributed by atoms with Gasteiger partial charge < -0.3 is 15.3 Å². The number of hydrogen-bond donors (Lipinski definition) is 2. The van der Waals surface area contributed by atoms with Gasteiger partial charge in [-0.25, -0.2) is 4.79 Å². The van der Waals surface area contributed by atoms with E-state index in [1.54, 1.807) is 4.90 Å². The third-order valence-electron chi connectivity index (χ3n) is 4.94. The second-order valence-corrected chi connectivity index (χ2v) is 7.09. The number of fused-ring (bicyclic) bond motifs is 1. The number of nitrogens with one attached hydrogen (secondary N) is 1. The summed E-state index contributed by atoms with van der Waals surface area (Å²) in [5, 5.41) is 12.6. The molecule has 3 rings (SSSR count). The predicted molar refractivity (Wildman–Crippen MR) is 89.9 cm³/mol. The first-order valence-corrected chi connectivity index (χ1v) is 8.50. The van der Waals surface area contributed by atoms with Crippen molar-refractivity contribution in [3.8, 4) is 0 Å². The van der Waals surface area contributed by atoms with Crippen molar-refractivity contribution in [1.82, 2.24) is 15.1 Å². The standard InChI is InChI=1S/C18H27N3O2/c1-20-11-14-4-3-13(9-15(14)12-20)10-21(2)18(23)19-16-5-7-17(22)8-6-16/h3-4,9,16-17,22H,5-8,10-12H2,1-2H3,(H,19,23). The van der Waals surface area contributed by atoms with Crippen LogP contribution in [0, 0.1) is 0 Å². The Morgan fingerprint density at radius 1 is 1.26 bits per heavy atom. The number of carbonyl (C=O) groups excluding carboxylic acids is 1. The highest BCUT2D eigenvalue weighted by Crippen LogP contribution is 2.23. The molecular formula is C18H27N3O2. The van der Waals surface area contributed by atoms with Gasteiger partial charge in [-0.1, -0.05) is 18.2 Å². The topological polar surface area (TPSA) is 55.8 Å². The van der Waals surface area contributed by atoms with Crippen LogP contribution < -0.4 is 5.32 Å². The maximum absolute atomic E-state index is 12.3. The summed E-state index contributed by atoms with van der Waals surface area (Å²) in [6, 6.07) is 6.70. The average Bonchev–Trinajstić information content (AvgIpc) is 2.88. The van der Waals surface area contributed by atoms with Gasteiger partial charge in [-0.3, -0.25) is 4.90 Å². The predicted octanol–water partition coefficient (Wildman–Crippen LogP) is 2.08. The van der Waals surface area contributed by atoms with Crippen molar-refractivity contribution >= 4 is 6.03 Å². The Labute approximate surface area is 138 Å². The zero-order valence-electron chi connectivity index (χ0n) is 14.1. The summed E-state index contributed by atoms with van der Waals surface area (Å²) < 4.78 is 0. The highest BCUT2D eigenvalue weighted by Gasteiger charge is 2.22. The van der Waals surface area contributed by atoms with Crippen LogP contribution in [0.5, 0.6) is 0 Å². The molecule has 2 aliphatic rings. The van der Waals surface area contributed by atoms with Gasteiger partial charge in [0.2, 0.25) is 0 Å². The maximum atomic E-state index is 12.3. The molecule has 1 fully saturated rings. The molecule has 0 spiro atoms. The molecule has 0 saturated heterocycles. The molecule has 5 nitrogen and oxygen atoms in total. The minimum Gasteiger partial charge on any atom is -0.393 e. The summed E-state index contributed by atoms with van der Waals surface area (Å²) in [5.41, 5.74) is 3.94. The number of hydrogen-bond acceptors (Lipinski definition) is 3. The van der Waals surface area contributed by atoms with Crippen molar-refractivity contribution in [2.75, 3.05) is 14.1 Å². The van der Waals surface area contributed by atoms with E-state index in [0.29, 0.717) is 6.54 Å². The van der Waals surface area contributed by atoms with Crippen LogP contribution in [-0.2, 0) is 19.6 Å². The smallest absolute Gasteiger partial charge is 0.317 e. The Hall–Kier alpha value is -1.59. The van der Waals surface area contributed by atoms with Crippen LogP contribution in [-0.4, -0.2) is 47.2 Å². The van der Waals surface area contributed by atoms with Gasteiger partial charge in [-0.15, -0.1) is 0 Å². The second kappa shape index (κ2) is 6.89. The van der Waals surface area contributed by atoms with Gasteiger partial charge in [0.1, 0.15) is 0 Å². The molecule has 2 amide bonds. The Morgan fingerprint density at radius 3 is 2.70 bits per heavy atom. The molecule has 1 aromatic rings. The maximum Gasteiger partial charge on any atom is 0.317 e. The normalized spacial score (nSPS) is 24.3. The molecule has 2 N–H and O–H groups in total. The molecule has 1 aromatic carbocycles. The van der Waals surface area contributed by atoms with Crippen molar-refractivity contribution in [3.05, 3.63) is 34.9 Å². The molecule has 1 saturated carbocycles. The van der Waals surface area contributed by atoms with Crippen LogP contribution >= 0.6 is 0 Å². The number of aliphatic hydroxyl groups is 1. The minimum absolute atomic E-state index is 0.0241. The van der Waals surface area contributed by atoms with E-state index < -0.39 is 0 Å². The van der Waals surface area contributed by atoms with E-state index in [2.05, 4.69) is 35.5 Å². The summed E-state index contributed by atoms with van der Waals surface area (Å²) >= 11 is 0. The number of amides is 2. The fraction of sp³-hybridized carbons (Fsp3) is 0.611. The first kappa shape index (κ1) is 16.3. The molecule has 126 valence electrons. The van der Waals surface area contributed by atoms with E-state index in [9.17, 15) is 9.90 Å². The van der Waals surface area contributed by atoms with Crippen LogP contribution in [0.3, 0.4) is 0 Å². The highest BCUT2D eigenvalue weighted by atomic mass is 16.3. The van der Waals surface area contributed by atoms with E-state index in [4.69, 9.17) is 0 Å². The van der Waals surface area contributed by atoms with Crippen LogP contribution in [0.15, 0.2) is 18.2 Å². The van der Waals surface area contributed by atoms with Crippen molar-refractivity contribution in [2.45, 2.75) is 57.5 Å². The Balaban J connectivity index is 1.53. The summed E-state index contributed by atoms with van der Waals surface area (Å²) in [6.07, 6.45) is 3.11. The lowest BCUT2D eigenvalue weighted by atomic mass is 9.93. The number of nitrogens with zero attached hydrogens (tertiary/aromatic N) is 2. The number of aliphatic hydroxyl groups excluding tert-OH is 1. The molecule has 23 heavy (non-hydrogen) atoms. The van der Waals surface area contributed by atoms with Crippen molar-refractivity contribution < 1.29 is 9.90 Å². The summed E-state index contributed by atoms with van der Waals surface area (Å²) in [6.45, 7) is 2.63. The Bertz CT molecular complexity index is 567. The number of benzene rings is 1. The van der Waals surface area contributed by atoms with E-state index in [-0.39, 0.29) is 18.2 Å². The number of rotatable bonds is 3. The number of urea groups is 1. The molecule has 1 aliphatic heterocycles. The lowest BCUT2D eigenvalue weighted by Crippen LogP contribution is -2.44. The molecule has 1 heterocycles. The van der Waals surface area contributed by atoms with Gasteiger partial charge in [0.05, 0.1) is 6.10 Å². The van der Waals surface area contributed by atoms with Crippen molar-refractivity contribution in [2.24, 2.45) is 0 Å². The molecule has 0 radical (unpaired) electrons. The van der Waals surface area contributed by atoms with Crippen LogP contribution in [0.2, 0.25) is 0 Å².